The molecule has 0 spiro atoms. The highest BCUT2D eigenvalue weighted by Crippen LogP contribution is 2.20. The normalized spacial score (nSPS) is 14.5. The number of hydrogen-bond acceptors (Lipinski definition) is 1. The van der Waals surface area contributed by atoms with Gasteiger partial charge in [-0.1, -0.05) is 58.9 Å². The van der Waals surface area contributed by atoms with E-state index in [2.05, 4.69) is 64.2 Å². The van der Waals surface area contributed by atoms with Gasteiger partial charge in [-0.3, -0.25) is 0 Å². The van der Waals surface area contributed by atoms with Gasteiger partial charge in [-0.25, -0.2) is 0 Å². The summed E-state index contributed by atoms with van der Waals surface area (Å²) >= 11 is 0. The Morgan fingerprint density at radius 2 is 1.60 bits per heavy atom. The third-order valence-corrected chi connectivity index (χ3v) is 4.28. The summed E-state index contributed by atoms with van der Waals surface area (Å²) in [4.78, 5) is 0. The van der Waals surface area contributed by atoms with E-state index in [0.29, 0.717) is 12.0 Å². The van der Waals surface area contributed by atoms with Gasteiger partial charge in [0.2, 0.25) is 0 Å². The van der Waals surface area contributed by atoms with Crippen molar-refractivity contribution >= 4 is 0 Å². The molecule has 0 bridgehead atoms. The zero-order valence-corrected chi connectivity index (χ0v) is 14.1. The molecule has 20 heavy (non-hydrogen) atoms. The molecule has 0 aliphatic carbocycles. The zero-order chi connectivity index (χ0) is 15.0. The van der Waals surface area contributed by atoms with Gasteiger partial charge in [-0.2, -0.15) is 0 Å². The monoisotopic (exact) mass is 275 g/mol. The van der Waals surface area contributed by atoms with Gasteiger partial charge in [-0.05, 0) is 55.2 Å². The Kier molecular flexibility index (Phi) is 7.91. The van der Waals surface area contributed by atoms with Gasteiger partial charge in [-0.15, -0.1) is 0 Å². The van der Waals surface area contributed by atoms with Gasteiger partial charge in [0.25, 0.3) is 0 Å². The summed E-state index contributed by atoms with van der Waals surface area (Å²) in [5.74, 6) is 1.49. The largest absolute Gasteiger partial charge is 0.315 e. The van der Waals surface area contributed by atoms with E-state index in [4.69, 9.17) is 0 Å². The van der Waals surface area contributed by atoms with Crippen LogP contribution < -0.4 is 5.32 Å². The summed E-state index contributed by atoms with van der Waals surface area (Å²) in [6.45, 7) is 12.5. The molecule has 1 heteroatoms. The molecule has 0 heterocycles. The molecule has 0 aliphatic heterocycles. The van der Waals surface area contributed by atoms with Crippen LogP contribution in [0.15, 0.2) is 24.3 Å². The minimum absolute atomic E-state index is 0.607. The number of nitrogens with one attached hydrogen (secondary N) is 1. The molecule has 1 aromatic rings. The van der Waals surface area contributed by atoms with Crippen LogP contribution in [0.3, 0.4) is 0 Å². The highest BCUT2D eigenvalue weighted by Gasteiger charge is 2.05. The molecule has 114 valence electrons. The molecule has 1 N–H and O–H groups in total. The molecule has 0 amide bonds. The van der Waals surface area contributed by atoms with Crippen molar-refractivity contribution in [2.24, 2.45) is 5.92 Å². The van der Waals surface area contributed by atoms with Crippen LogP contribution in [0.1, 0.15) is 70.9 Å². The van der Waals surface area contributed by atoms with Crippen LogP contribution in [0.4, 0.5) is 0 Å². The molecular weight excluding hydrogens is 242 g/mol. The molecule has 0 aliphatic rings. The maximum absolute atomic E-state index is 3.50. The van der Waals surface area contributed by atoms with E-state index in [9.17, 15) is 0 Å². The standard InChI is InChI=1S/C19H33N/c1-6-17(5)19-11-9-18(10-12-19)8-7-16(4)13-14-20-15(2)3/h9-12,15-17,20H,6-8,13-14H2,1-5H3. The highest BCUT2D eigenvalue weighted by atomic mass is 14.9. The second-order valence-corrected chi connectivity index (χ2v) is 6.59. The molecule has 0 saturated heterocycles. The van der Waals surface area contributed by atoms with Crippen molar-refractivity contribution in [3.63, 3.8) is 0 Å². The van der Waals surface area contributed by atoms with Crippen molar-refractivity contribution in [3.05, 3.63) is 35.4 Å². The third-order valence-electron chi connectivity index (χ3n) is 4.28. The molecule has 0 saturated carbocycles. The summed E-state index contributed by atoms with van der Waals surface area (Å²) in [6, 6.07) is 9.87. The fraction of sp³-hybridized carbons (Fsp3) is 0.684. The van der Waals surface area contributed by atoms with E-state index >= 15 is 0 Å². The molecule has 1 nitrogen and oxygen atoms in total. The quantitative estimate of drug-likeness (QED) is 0.656. The maximum atomic E-state index is 3.50. The molecule has 0 fully saturated rings. The highest BCUT2D eigenvalue weighted by molar-refractivity contribution is 5.25. The summed E-state index contributed by atoms with van der Waals surface area (Å²) in [5.41, 5.74) is 2.96. The Labute approximate surface area is 126 Å². The van der Waals surface area contributed by atoms with Crippen LogP contribution >= 0.6 is 0 Å². The summed E-state index contributed by atoms with van der Waals surface area (Å²) in [6.07, 6.45) is 5.01. The van der Waals surface area contributed by atoms with Crippen LogP contribution in [-0.2, 0) is 6.42 Å². The number of aryl methyl sites for hydroxylation is 1. The third kappa shape index (κ3) is 6.56. The topological polar surface area (TPSA) is 12.0 Å². The molecule has 1 aromatic carbocycles. The second kappa shape index (κ2) is 9.18. The van der Waals surface area contributed by atoms with Crippen LogP contribution in [0.5, 0.6) is 0 Å². The molecule has 2 unspecified atom stereocenters. The Bertz CT molecular complexity index is 353. The lowest BCUT2D eigenvalue weighted by Crippen LogP contribution is -2.24. The SMILES string of the molecule is CCC(C)c1ccc(CCC(C)CCNC(C)C)cc1. The van der Waals surface area contributed by atoms with Crippen LogP contribution in [0.2, 0.25) is 0 Å². The summed E-state index contributed by atoms with van der Waals surface area (Å²) in [5, 5.41) is 3.50. The van der Waals surface area contributed by atoms with E-state index < -0.39 is 0 Å². The minimum atomic E-state index is 0.607. The Hall–Kier alpha value is -0.820. The molecule has 0 aromatic heterocycles. The Balaban J connectivity index is 2.30. The van der Waals surface area contributed by atoms with Crippen LogP contribution in [0, 0.1) is 5.92 Å². The molecule has 2 atom stereocenters. The molecular formula is C19H33N. The molecule has 1 rings (SSSR count). The number of hydrogen-bond donors (Lipinski definition) is 1. The lowest BCUT2D eigenvalue weighted by atomic mass is 9.94. The first-order valence-corrected chi connectivity index (χ1v) is 8.35. The average molecular weight is 275 g/mol. The van der Waals surface area contributed by atoms with Crippen molar-refractivity contribution in [1.29, 1.82) is 0 Å². The predicted octanol–water partition coefficient (Wildman–Crippen LogP) is 5.16. The van der Waals surface area contributed by atoms with E-state index in [0.717, 1.165) is 12.5 Å². The van der Waals surface area contributed by atoms with Crippen LogP contribution in [-0.4, -0.2) is 12.6 Å². The van der Waals surface area contributed by atoms with Gasteiger partial charge in [0.15, 0.2) is 0 Å². The summed E-state index contributed by atoms with van der Waals surface area (Å²) in [7, 11) is 0. The summed E-state index contributed by atoms with van der Waals surface area (Å²) < 4.78 is 0. The van der Waals surface area contributed by atoms with Gasteiger partial charge in [0.05, 0.1) is 0 Å². The minimum Gasteiger partial charge on any atom is -0.315 e. The van der Waals surface area contributed by atoms with Gasteiger partial charge in [0, 0.05) is 6.04 Å². The van der Waals surface area contributed by atoms with Crippen LogP contribution in [0.25, 0.3) is 0 Å². The number of benzene rings is 1. The van der Waals surface area contributed by atoms with Gasteiger partial charge < -0.3 is 5.32 Å². The lowest BCUT2D eigenvalue weighted by molar-refractivity contribution is 0.454. The second-order valence-electron chi connectivity index (χ2n) is 6.59. The fourth-order valence-electron chi connectivity index (χ4n) is 2.42. The van der Waals surface area contributed by atoms with Gasteiger partial charge in [0.1, 0.15) is 0 Å². The fourth-order valence-corrected chi connectivity index (χ4v) is 2.42. The van der Waals surface area contributed by atoms with E-state index in [1.54, 1.807) is 0 Å². The Morgan fingerprint density at radius 3 is 2.15 bits per heavy atom. The van der Waals surface area contributed by atoms with Gasteiger partial charge >= 0.3 is 0 Å². The maximum Gasteiger partial charge on any atom is 0.00103 e. The zero-order valence-electron chi connectivity index (χ0n) is 14.1. The predicted molar refractivity (Wildman–Crippen MR) is 90.4 cm³/mol. The first kappa shape index (κ1) is 17.2. The first-order chi connectivity index (χ1) is 9.52. The lowest BCUT2D eigenvalue weighted by Gasteiger charge is -2.14. The average Bonchev–Trinajstić information content (AvgIpc) is 2.44. The van der Waals surface area contributed by atoms with Crippen molar-refractivity contribution in [3.8, 4) is 0 Å². The number of rotatable bonds is 9. The van der Waals surface area contributed by atoms with E-state index in [1.165, 1.54) is 36.8 Å². The van der Waals surface area contributed by atoms with Crippen molar-refractivity contribution < 1.29 is 0 Å². The smallest absolute Gasteiger partial charge is 0.00103 e. The van der Waals surface area contributed by atoms with E-state index in [1.807, 2.05) is 0 Å². The van der Waals surface area contributed by atoms with Crippen molar-refractivity contribution in [2.45, 2.75) is 72.3 Å². The van der Waals surface area contributed by atoms with E-state index in [-0.39, 0.29) is 0 Å². The van der Waals surface area contributed by atoms with Crippen molar-refractivity contribution in [2.75, 3.05) is 6.54 Å². The first-order valence-electron chi connectivity index (χ1n) is 8.35. The van der Waals surface area contributed by atoms with Crippen molar-refractivity contribution in [1.82, 2.24) is 5.32 Å². The molecule has 0 radical (unpaired) electrons. The Morgan fingerprint density at radius 1 is 0.950 bits per heavy atom.